The smallest absolute Gasteiger partial charge is 0.154 e. The van der Waals surface area contributed by atoms with Gasteiger partial charge in [0.15, 0.2) is 9.84 Å². The molecule has 0 aromatic heterocycles. The molecule has 1 aliphatic heterocycles. The molecule has 1 fully saturated rings. The molecule has 102 valence electrons. The van der Waals surface area contributed by atoms with Crippen LogP contribution in [0.15, 0.2) is 0 Å². The molecule has 1 N–H and O–H groups in total. The molecule has 17 heavy (non-hydrogen) atoms. The summed E-state index contributed by atoms with van der Waals surface area (Å²) in [5.74, 6) is 0.975. The third-order valence-corrected chi connectivity index (χ3v) is 5.98. The molecule has 0 amide bonds. The van der Waals surface area contributed by atoms with Crippen LogP contribution >= 0.6 is 0 Å². The van der Waals surface area contributed by atoms with E-state index in [0.29, 0.717) is 12.5 Å². The van der Waals surface area contributed by atoms with Gasteiger partial charge >= 0.3 is 0 Å². The van der Waals surface area contributed by atoms with Crippen molar-refractivity contribution in [3.8, 4) is 0 Å². The summed E-state index contributed by atoms with van der Waals surface area (Å²) < 4.78 is 29.1. The topological polar surface area (TPSA) is 55.4 Å². The molecule has 1 saturated heterocycles. The Labute approximate surface area is 105 Å². The quantitative estimate of drug-likeness (QED) is 0.698. The molecule has 0 bridgehead atoms. The van der Waals surface area contributed by atoms with Crippen molar-refractivity contribution < 1.29 is 13.2 Å². The largest absolute Gasteiger partial charge is 0.381 e. The van der Waals surface area contributed by atoms with Gasteiger partial charge in [-0.05, 0) is 25.2 Å². The van der Waals surface area contributed by atoms with Gasteiger partial charge in [0.1, 0.15) is 0 Å². The zero-order valence-corrected chi connectivity index (χ0v) is 11.9. The van der Waals surface area contributed by atoms with E-state index >= 15 is 0 Å². The lowest BCUT2D eigenvalue weighted by Crippen LogP contribution is -2.33. The van der Waals surface area contributed by atoms with E-state index in [1.54, 1.807) is 6.92 Å². The normalized spacial score (nSPS) is 23.2. The van der Waals surface area contributed by atoms with Crippen molar-refractivity contribution in [2.45, 2.75) is 32.4 Å². The summed E-state index contributed by atoms with van der Waals surface area (Å²) in [6.07, 6.45) is 1.09. The van der Waals surface area contributed by atoms with Gasteiger partial charge in [-0.1, -0.05) is 13.8 Å². The van der Waals surface area contributed by atoms with Crippen LogP contribution in [0.3, 0.4) is 0 Å². The molecule has 1 aliphatic rings. The van der Waals surface area contributed by atoms with Gasteiger partial charge in [0.25, 0.3) is 0 Å². The standard InChI is InChI=1S/C12H25NO3S/c1-10(2)11(3)17(14,15)7-5-13-8-12-4-6-16-9-12/h10-13H,4-9H2,1-3H3. The van der Waals surface area contributed by atoms with Gasteiger partial charge in [-0.3, -0.25) is 0 Å². The molecule has 2 atom stereocenters. The van der Waals surface area contributed by atoms with Gasteiger partial charge in [0, 0.05) is 19.7 Å². The SMILES string of the molecule is CC(C)C(C)S(=O)(=O)CCNCC1CCOC1. The van der Waals surface area contributed by atoms with Gasteiger partial charge in [-0.15, -0.1) is 0 Å². The van der Waals surface area contributed by atoms with E-state index in [9.17, 15) is 8.42 Å². The van der Waals surface area contributed by atoms with E-state index in [-0.39, 0.29) is 16.9 Å². The Hall–Kier alpha value is -0.130. The fourth-order valence-corrected chi connectivity index (χ4v) is 3.50. The average Bonchev–Trinajstić information content (AvgIpc) is 2.76. The Morgan fingerprint density at radius 2 is 2.06 bits per heavy atom. The number of nitrogens with one attached hydrogen (secondary N) is 1. The molecule has 0 spiro atoms. The molecular formula is C12H25NO3S. The second kappa shape index (κ2) is 6.71. The number of ether oxygens (including phenoxy) is 1. The zero-order chi connectivity index (χ0) is 12.9. The Bertz CT molecular complexity index is 308. The summed E-state index contributed by atoms with van der Waals surface area (Å²) in [4.78, 5) is 0. The van der Waals surface area contributed by atoms with Crippen molar-refractivity contribution in [1.82, 2.24) is 5.32 Å². The zero-order valence-electron chi connectivity index (χ0n) is 11.1. The first-order valence-corrected chi connectivity index (χ1v) is 8.15. The van der Waals surface area contributed by atoms with Gasteiger partial charge in [-0.2, -0.15) is 0 Å². The summed E-state index contributed by atoms with van der Waals surface area (Å²) in [7, 11) is -2.95. The Kier molecular flexibility index (Phi) is 5.89. The molecule has 4 nitrogen and oxygen atoms in total. The highest BCUT2D eigenvalue weighted by molar-refractivity contribution is 7.92. The third-order valence-electron chi connectivity index (χ3n) is 3.53. The average molecular weight is 263 g/mol. The summed E-state index contributed by atoms with van der Waals surface area (Å²) in [5, 5.41) is 2.97. The second-order valence-electron chi connectivity index (χ2n) is 5.25. The summed E-state index contributed by atoms with van der Waals surface area (Å²) in [6, 6.07) is 0. The molecule has 0 aliphatic carbocycles. The van der Waals surface area contributed by atoms with E-state index in [2.05, 4.69) is 5.32 Å². The fraction of sp³-hybridized carbons (Fsp3) is 1.00. The Morgan fingerprint density at radius 3 is 2.59 bits per heavy atom. The van der Waals surface area contributed by atoms with Crippen LogP contribution in [0.5, 0.6) is 0 Å². The van der Waals surface area contributed by atoms with Crippen molar-refractivity contribution in [1.29, 1.82) is 0 Å². The minimum atomic E-state index is -2.95. The maximum atomic E-state index is 11.9. The van der Waals surface area contributed by atoms with Crippen molar-refractivity contribution in [2.75, 3.05) is 32.1 Å². The van der Waals surface area contributed by atoms with Gasteiger partial charge in [-0.25, -0.2) is 8.42 Å². The molecule has 0 saturated carbocycles. The highest BCUT2D eigenvalue weighted by Gasteiger charge is 2.23. The molecule has 1 heterocycles. The van der Waals surface area contributed by atoms with Crippen LogP contribution in [0.2, 0.25) is 0 Å². The van der Waals surface area contributed by atoms with E-state index < -0.39 is 9.84 Å². The van der Waals surface area contributed by atoms with Crippen molar-refractivity contribution in [2.24, 2.45) is 11.8 Å². The monoisotopic (exact) mass is 263 g/mol. The van der Waals surface area contributed by atoms with Crippen LogP contribution in [0, 0.1) is 11.8 Å². The highest BCUT2D eigenvalue weighted by Crippen LogP contribution is 2.12. The lowest BCUT2D eigenvalue weighted by molar-refractivity contribution is 0.185. The molecule has 2 unspecified atom stereocenters. The summed E-state index contributed by atoms with van der Waals surface area (Å²) in [5.41, 5.74) is 0. The van der Waals surface area contributed by atoms with Crippen molar-refractivity contribution in [3.63, 3.8) is 0 Å². The maximum Gasteiger partial charge on any atom is 0.154 e. The molecule has 1 rings (SSSR count). The first-order valence-electron chi connectivity index (χ1n) is 6.43. The molecular weight excluding hydrogens is 238 g/mol. The number of hydrogen-bond donors (Lipinski definition) is 1. The van der Waals surface area contributed by atoms with Crippen molar-refractivity contribution in [3.05, 3.63) is 0 Å². The molecule has 0 aromatic rings. The predicted molar refractivity (Wildman–Crippen MR) is 69.9 cm³/mol. The van der Waals surface area contributed by atoms with Crippen LogP contribution in [0.1, 0.15) is 27.2 Å². The van der Waals surface area contributed by atoms with E-state index in [0.717, 1.165) is 26.2 Å². The van der Waals surface area contributed by atoms with Crippen LogP contribution in [0.25, 0.3) is 0 Å². The lowest BCUT2D eigenvalue weighted by atomic mass is 10.1. The van der Waals surface area contributed by atoms with Crippen LogP contribution in [0.4, 0.5) is 0 Å². The van der Waals surface area contributed by atoms with E-state index in [1.807, 2.05) is 13.8 Å². The second-order valence-corrected chi connectivity index (χ2v) is 7.73. The maximum absolute atomic E-state index is 11.9. The van der Waals surface area contributed by atoms with Crippen LogP contribution in [-0.2, 0) is 14.6 Å². The number of hydrogen-bond acceptors (Lipinski definition) is 4. The lowest BCUT2D eigenvalue weighted by Gasteiger charge is -2.17. The fourth-order valence-electron chi connectivity index (χ4n) is 1.87. The van der Waals surface area contributed by atoms with Crippen LogP contribution in [-0.4, -0.2) is 45.7 Å². The van der Waals surface area contributed by atoms with Gasteiger partial charge in [0.05, 0.1) is 17.6 Å². The van der Waals surface area contributed by atoms with E-state index in [1.165, 1.54) is 0 Å². The molecule has 0 aromatic carbocycles. The van der Waals surface area contributed by atoms with E-state index in [4.69, 9.17) is 4.74 Å². The predicted octanol–water partition coefficient (Wildman–Crippen LogP) is 1.07. The van der Waals surface area contributed by atoms with Crippen LogP contribution < -0.4 is 5.32 Å². The number of rotatable bonds is 7. The first-order chi connectivity index (χ1) is 7.93. The first kappa shape index (κ1) is 14.9. The Balaban J connectivity index is 2.20. The summed E-state index contributed by atoms with van der Waals surface area (Å²) in [6.45, 7) is 8.76. The van der Waals surface area contributed by atoms with Gasteiger partial charge < -0.3 is 10.1 Å². The van der Waals surface area contributed by atoms with Crippen molar-refractivity contribution >= 4 is 9.84 Å². The summed E-state index contributed by atoms with van der Waals surface area (Å²) >= 11 is 0. The molecule has 0 radical (unpaired) electrons. The third kappa shape index (κ3) is 4.94. The minimum Gasteiger partial charge on any atom is -0.381 e. The highest BCUT2D eigenvalue weighted by atomic mass is 32.2. The molecule has 5 heteroatoms. The Morgan fingerprint density at radius 1 is 1.35 bits per heavy atom. The minimum absolute atomic E-state index is 0.184. The van der Waals surface area contributed by atoms with Gasteiger partial charge in [0.2, 0.25) is 0 Å². The number of sulfone groups is 1.